The van der Waals surface area contributed by atoms with Crippen molar-refractivity contribution in [1.82, 2.24) is 15.5 Å². The lowest BCUT2D eigenvalue weighted by Crippen LogP contribution is -2.45. The van der Waals surface area contributed by atoms with E-state index in [-0.39, 0.29) is 6.10 Å². The number of hydrogen-bond acceptors (Lipinski definition) is 4. The minimum Gasteiger partial charge on any atom is -0.379 e. The summed E-state index contributed by atoms with van der Waals surface area (Å²) in [5.41, 5.74) is 0. The summed E-state index contributed by atoms with van der Waals surface area (Å²) in [6, 6.07) is 0.367. The quantitative estimate of drug-likeness (QED) is 0.506. The number of amides is 2. The molecule has 0 saturated carbocycles. The van der Waals surface area contributed by atoms with E-state index in [0.29, 0.717) is 32.2 Å². The minimum atomic E-state index is -0.555. The summed E-state index contributed by atoms with van der Waals surface area (Å²) in [6.07, 6.45) is 3.15. The van der Waals surface area contributed by atoms with Gasteiger partial charge in [0.25, 0.3) is 0 Å². The number of nitrogens with zero attached hydrogens (tertiary/aromatic N) is 1. The molecule has 0 aliphatic carbocycles. The maximum atomic E-state index is 11.7. The normalized spacial score (nSPS) is 19.0. The molecule has 6 heteroatoms. The van der Waals surface area contributed by atoms with Crippen molar-refractivity contribution >= 4 is 11.8 Å². The van der Waals surface area contributed by atoms with Gasteiger partial charge in [0, 0.05) is 25.7 Å². The van der Waals surface area contributed by atoms with E-state index in [1.54, 1.807) is 0 Å². The van der Waals surface area contributed by atoms with Crippen molar-refractivity contribution in [3.63, 3.8) is 0 Å². The van der Waals surface area contributed by atoms with Gasteiger partial charge in [0.1, 0.15) is 0 Å². The van der Waals surface area contributed by atoms with Crippen LogP contribution >= 0.6 is 0 Å². The van der Waals surface area contributed by atoms with Crippen LogP contribution in [0.1, 0.15) is 40.0 Å². The number of likely N-dealkylation sites (tertiary alicyclic amines) is 1. The van der Waals surface area contributed by atoms with Crippen LogP contribution in [0.2, 0.25) is 0 Å². The molecule has 0 aromatic rings. The van der Waals surface area contributed by atoms with E-state index >= 15 is 0 Å². The van der Waals surface area contributed by atoms with E-state index in [4.69, 9.17) is 4.74 Å². The molecular weight excluding hydrogens is 270 g/mol. The Morgan fingerprint density at radius 2 is 2.00 bits per heavy atom. The highest BCUT2D eigenvalue weighted by Crippen LogP contribution is 2.15. The number of hydrogen-bond donors (Lipinski definition) is 2. The van der Waals surface area contributed by atoms with Crippen LogP contribution in [0, 0.1) is 0 Å². The molecule has 1 aliphatic heterocycles. The number of likely N-dealkylation sites (N-methyl/N-ethyl adjacent to an activating group) is 1. The molecule has 0 radical (unpaired) electrons. The summed E-state index contributed by atoms with van der Waals surface area (Å²) < 4.78 is 5.37. The van der Waals surface area contributed by atoms with Crippen LogP contribution in [0.15, 0.2) is 0 Å². The van der Waals surface area contributed by atoms with E-state index in [9.17, 15) is 9.59 Å². The molecule has 2 amide bonds. The molecule has 1 heterocycles. The molecule has 2 N–H and O–H groups in total. The summed E-state index contributed by atoms with van der Waals surface area (Å²) in [4.78, 5) is 25.6. The Kier molecular flexibility index (Phi) is 8.30. The van der Waals surface area contributed by atoms with Gasteiger partial charge >= 0.3 is 11.8 Å². The highest BCUT2D eigenvalue weighted by molar-refractivity contribution is 6.35. The molecule has 0 bridgehead atoms. The summed E-state index contributed by atoms with van der Waals surface area (Å²) in [7, 11) is 0. The fourth-order valence-electron chi connectivity index (χ4n) is 2.51. The molecule has 0 spiro atoms. The fourth-order valence-corrected chi connectivity index (χ4v) is 2.51. The van der Waals surface area contributed by atoms with Crippen molar-refractivity contribution in [3.8, 4) is 0 Å². The lowest BCUT2D eigenvalue weighted by atomic mass is 10.2. The summed E-state index contributed by atoms with van der Waals surface area (Å²) in [5, 5.41) is 5.34. The Morgan fingerprint density at radius 3 is 2.67 bits per heavy atom. The van der Waals surface area contributed by atoms with E-state index in [0.717, 1.165) is 25.9 Å². The van der Waals surface area contributed by atoms with Crippen molar-refractivity contribution < 1.29 is 14.3 Å². The van der Waals surface area contributed by atoms with Crippen LogP contribution in [-0.2, 0) is 14.3 Å². The minimum absolute atomic E-state index is 0.192. The summed E-state index contributed by atoms with van der Waals surface area (Å²) in [5.74, 6) is -1.09. The van der Waals surface area contributed by atoms with E-state index in [1.807, 2.05) is 13.8 Å². The van der Waals surface area contributed by atoms with Crippen molar-refractivity contribution in [2.24, 2.45) is 0 Å². The van der Waals surface area contributed by atoms with Gasteiger partial charge in [-0.05, 0) is 46.2 Å². The van der Waals surface area contributed by atoms with Gasteiger partial charge in [-0.15, -0.1) is 0 Å². The SMILES string of the molecule is CCN1CCC[C@@H]1CNC(=O)C(=O)NCCCOC(C)C. The zero-order chi connectivity index (χ0) is 15.7. The molecule has 122 valence electrons. The summed E-state index contributed by atoms with van der Waals surface area (Å²) in [6.45, 7) is 9.73. The van der Waals surface area contributed by atoms with Gasteiger partial charge in [0.2, 0.25) is 0 Å². The third-order valence-electron chi connectivity index (χ3n) is 3.67. The first kappa shape index (κ1) is 17.9. The number of ether oxygens (including phenoxy) is 1. The summed E-state index contributed by atoms with van der Waals surface area (Å²) >= 11 is 0. The van der Waals surface area contributed by atoms with Crippen LogP contribution in [0.3, 0.4) is 0 Å². The maximum Gasteiger partial charge on any atom is 0.309 e. The van der Waals surface area contributed by atoms with Gasteiger partial charge in [0.05, 0.1) is 6.10 Å². The zero-order valence-electron chi connectivity index (χ0n) is 13.5. The van der Waals surface area contributed by atoms with Crippen LogP contribution < -0.4 is 10.6 Å². The molecule has 1 aliphatic rings. The predicted octanol–water partition coefficient (Wildman–Crippen LogP) is 0.518. The van der Waals surface area contributed by atoms with Crippen molar-refractivity contribution in [3.05, 3.63) is 0 Å². The molecule has 1 saturated heterocycles. The van der Waals surface area contributed by atoms with Crippen LogP contribution in [0.25, 0.3) is 0 Å². The molecule has 1 rings (SSSR count). The fraction of sp³-hybridized carbons (Fsp3) is 0.867. The van der Waals surface area contributed by atoms with Gasteiger partial charge in [0.15, 0.2) is 0 Å². The molecule has 0 aromatic carbocycles. The number of nitrogens with one attached hydrogen (secondary N) is 2. The van der Waals surface area contributed by atoms with Gasteiger partial charge in [-0.1, -0.05) is 6.92 Å². The largest absolute Gasteiger partial charge is 0.379 e. The molecule has 6 nitrogen and oxygen atoms in total. The molecular formula is C15H29N3O3. The molecule has 0 unspecified atom stereocenters. The molecule has 1 atom stereocenters. The van der Waals surface area contributed by atoms with Crippen LogP contribution in [-0.4, -0.2) is 61.6 Å². The lowest BCUT2D eigenvalue weighted by Gasteiger charge is -2.22. The highest BCUT2D eigenvalue weighted by Gasteiger charge is 2.24. The van der Waals surface area contributed by atoms with E-state index < -0.39 is 11.8 Å². The van der Waals surface area contributed by atoms with Gasteiger partial charge in [-0.3, -0.25) is 14.5 Å². The highest BCUT2D eigenvalue weighted by atomic mass is 16.5. The first-order chi connectivity index (χ1) is 10.0. The third kappa shape index (κ3) is 6.91. The van der Waals surface area contributed by atoms with Crippen molar-refractivity contribution in [1.29, 1.82) is 0 Å². The standard InChI is InChI=1S/C15H29N3O3/c1-4-18-9-5-7-13(18)11-17-15(20)14(19)16-8-6-10-21-12(2)3/h12-13H,4-11H2,1-3H3,(H,16,19)(H,17,20)/t13-/m1/s1. The molecule has 21 heavy (non-hydrogen) atoms. The second-order valence-corrected chi connectivity index (χ2v) is 5.66. The Balaban J connectivity index is 2.12. The second kappa shape index (κ2) is 9.73. The van der Waals surface area contributed by atoms with Gasteiger partial charge in [-0.2, -0.15) is 0 Å². The van der Waals surface area contributed by atoms with Gasteiger partial charge < -0.3 is 15.4 Å². The number of rotatable bonds is 8. The first-order valence-electron chi connectivity index (χ1n) is 7.96. The Bertz CT molecular complexity index is 334. The average molecular weight is 299 g/mol. The lowest BCUT2D eigenvalue weighted by molar-refractivity contribution is -0.139. The van der Waals surface area contributed by atoms with E-state index in [1.165, 1.54) is 0 Å². The molecule has 0 aromatic heterocycles. The first-order valence-corrected chi connectivity index (χ1v) is 7.96. The van der Waals surface area contributed by atoms with Crippen LogP contribution in [0.5, 0.6) is 0 Å². The van der Waals surface area contributed by atoms with Crippen LogP contribution in [0.4, 0.5) is 0 Å². The Hall–Kier alpha value is -1.14. The number of carbonyl (C=O) groups excluding carboxylic acids is 2. The predicted molar refractivity (Wildman–Crippen MR) is 82.0 cm³/mol. The van der Waals surface area contributed by atoms with Crippen molar-refractivity contribution in [2.75, 3.05) is 32.8 Å². The van der Waals surface area contributed by atoms with Crippen molar-refractivity contribution in [2.45, 2.75) is 52.2 Å². The second-order valence-electron chi connectivity index (χ2n) is 5.66. The Morgan fingerprint density at radius 1 is 1.29 bits per heavy atom. The maximum absolute atomic E-state index is 11.7. The topological polar surface area (TPSA) is 70.7 Å². The van der Waals surface area contributed by atoms with Gasteiger partial charge in [-0.25, -0.2) is 0 Å². The smallest absolute Gasteiger partial charge is 0.309 e. The third-order valence-corrected chi connectivity index (χ3v) is 3.67. The molecule has 1 fully saturated rings. The zero-order valence-corrected chi connectivity index (χ0v) is 13.5. The monoisotopic (exact) mass is 299 g/mol. The average Bonchev–Trinajstić information content (AvgIpc) is 2.91. The Labute approximate surface area is 127 Å². The van der Waals surface area contributed by atoms with E-state index in [2.05, 4.69) is 22.5 Å². The number of carbonyl (C=O) groups is 2.